The van der Waals surface area contributed by atoms with E-state index in [0.717, 1.165) is 40.6 Å². The van der Waals surface area contributed by atoms with Crippen LogP contribution in [0.25, 0.3) is 0 Å². The number of ether oxygens (including phenoxy) is 1. The number of nitrogens with zero attached hydrogens (tertiary/aromatic N) is 2. The molecular formula is C19H25N3O3S3. The number of aromatic nitrogens is 2. The summed E-state index contributed by atoms with van der Waals surface area (Å²) in [4.78, 5) is 26.3. The molecule has 2 aromatic rings. The average Bonchev–Trinajstić information content (AvgIpc) is 3.18. The summed E-state index contributed by atoms with van der Waals surface area (Å²) in [6.07, 6.45) is 6.80. The van der Waals surface area contributed by atoms with Crippen molar-refractivity contribution in [1.82, 2.24) is 10.2 Å². The van der Waals surface area contributed by atoms with Crippen LogP contribution < -0.4 is 5.32 Å². The number of carbonyl (C=O) groups excluding carboxylic acids is 2. The maximum Gasteiger partial charge on any atom is 0.341 e. The van der Waals surface area contributed by atoms with Crippen LogP contribution in [0.5, 0.6) is 0 Å². The van der Waals surface area contributed by atoms with Crippen molar-refractivity contribution in [3.8, 4) is 0 Å². The number of thioether (sulfide) groups is 1. The largest absolute Gasteiger partial charge is 0.462 e. The molecule has 0 bridgehead atoms. The molecule has 0 unspecified atom stereocenters. The predicted octanol–water partition coefficient (Wildman–Crippen LogP) is 4.86. The van der Waals surface area contributed by atoms with E-state index in [1.807, 2.05) is 6.92 Å². The van der Waals surface area contributed by atoms with E-state index in [4.69, 9.17) is 4.74 Å². The number of hydrogen-bond donors (Lipinski definition) is 1. The number of aryl methyl sites for hydroxylation is 2. The Balaban J connectivity index is 1.69. The Morgan fingerprint density at radius 3 is 2.64 bits per heavy atom. The number of thiophene rings is 1. The molecule has 28 heavy (non-hydrogen) atoms. The van der Waals surface area contributed by atoms with E-state index in [2.05, 4.69) is 15.5 Å². The zero-order valence-corrected chi connectivity index (χ0v) is 18.7. The standard InChI is InChI=1S/C19H25N3O3S3/c1-3-25-18(24)16-13-8-6-4-5-7-9-14(13)28-17(16)20-15(23)10-11-26-19-22-21-12(2)27-19/h3-11H2,1-2H3,(H,20,23). The van der Waals surface area contributed by atoms with Crippen LogP contribution in [0.1, 0.15) is 64.8 Å². The molecule has 152 valence electrons. The summed E-state index contributed by atoms with van der Waals surface area (Å²) >= 11 is 4.60. The van der Waals surface area contributed by atoms with E-state index in [9.17, 15) is 9.59 Å². The molecular weight excluding hydrogens is 414 g/mol. The lowest BCUT2D eigenvalue weighted by Crippen LogP contribution is -2.15. The first-order chi connectivity index (χ1) is 13.6. The van der Waals surface area contributed by atoms with Crippen LogP contribution >= 0.6 is 34.4 Å². The van der Waals surface area contributed by atoms with Crippen LogP contribution in [0.2, 0.25) is 0 Å². The Kier molecular flexibility index (Phi) is 7.87. The van der Waals surface area contributed by atoms with Gasteiger partial charge in [-0.25, -0.2) is 4.79 Å². The zero-order valence-electron chi connectivity index (χ0n) is 16.2. The lowest BCUT2D eigenvalue weighted by Gasteiger charge is -2.11. The Morgan fingerprint density at radius 2 is 1.93 bits per heavy atom. The zero-order chi connectivity index (χ0) is 19.9. The van der Waals surface area contributed by atoms with Gasteiger partial charge in [0.25, 0.3) is 0 Å². The van der Waals surface area contributed by atoms with E-state index in [1.54, 1.807) is 18.3 Å². The molecule has 0 atom stereocenters. The maximum atomic E-state index is 12.6. The molecule has 2 heterocycles. The fraction of sp³-hybridized carbons (Fsp3) is 0.579. The third-order valence-electron chi connectivity index (χ3n) is 4.47. The second kappa shape index (κ2) is 10.4. The van der Waals surface area contributed by atoms with Crippen molar-refractivity contribution < 1.29 is 14.3 Å². The number of rotatable bonds is 7. The number of anilines is 1. The predicted molar refractivity (Wildman–Crippen MR) is 115 cm³/mol. The molecule has 1 amide bonds. The molecule has 0 aliphatic heterocycles. The number of hydrogen-bond acceptors (Lipinski definition) is 8. The molecule has 1 N–H and O–H groups in total. The smallest absolute Gasteiger partial charge is 0.341 e. The minimum atomic E-state index is -0.324. The number of nitrogens with one attached hydrogen (secondary N) is 1. The molecule has 9 heteroatoms. The van der Waals surface area contributed by atoms with Gasteiger partial charge in [-0.15, -0.1) is 21.5 Å². The van der Waals surface area contributed by atoms with Crippen molar-refractivity contribution in [1.29, 1.82) is 0 Å². The van der Waals surface area contributed by atoms with Crippen molar-refractivity contribution in [2.75, 3.05) is 17.7 Å². The Bertz CT molecular complexity index is 832. The van der Waals surface area contributed by atoms with Crippen LogP contribution in [0, 0.1) is 6.92 Å². The van der Waals surface area contributed by atoms with Crippen LogP contribution in [0.3, 0.4) is 0 Å². The molecule has 1 aliphatic carbocycles. The summed E-state index contributed by atoms with van der Waals surface area (Å²) in [6, 6.07) is 0. The second-order valence-electron chi connectivity index (χ2n) is 6.58. The molecule has 0 radical (unpaired) electrons. The van der Waals surface area contributed by atoms with E-state index >= 15 is 0 Å². The first kappa shape index (κ1) is 21.3. The van der Waals surface area contributed by atoms with Gasteiger partial charge in [0.05, 0.1) is 12.2 Å². The van der Waals surface area contributed by atoms with Crippen LogP contribution in [0.4, 0.5) is 5.00 Å². The monoisotopic (exact) mass is 439 g/mol. The maximum absolute atomic E-state index is 12.6. The number of carbonyl (C=O) groups is 2. The SMILES string of the molecule is CCOC(=O)c1c(NC(=O)CCSc2nnc(C)s2)sc2c1CCCCCC2. The van der Waals surface area contributed by atoms with E-state index in [1.165, 1.54) is 40.8 Å². The fourth-order valence-electron chi connectivity index (χ4n) is 3.18. The first-order valence-corrected chi connectivity index (χ1v) is 12.2. The van der Waals surface area contributed by atoms with Crippen LogP contribution in [-0.2, 0) is 22.4 Å². The van der Waals surface area contributed by atoms with Gasteiger partial charge in [-0.1, -0.05) is 35.9 Å². The van der Waals surface area contributed by atoms with Gasteiger partial charge in [0.1, 0.15) is 10.0 Å². The van der Waals surface area contributed by atoms with Gasteiger partial charge in [0.2, 0.25) is 5.91 Å². The van der Waals surface area contributed by atoms with E-state index in [0.29, 0.717) is 29.3 Å². The van der Waals surface area contributed by atoms with Crippen LogP contribution in [0.15, 0.2) is 4.34 Å². The molecule has 6 nitrogen and oxygen atoms in total. The fourth-order valence-corrected chi connectivity index (χ4v) is 6.30. The topological polar surface area (TPSA) is 81.2 Å². The average molecular weight is 440 g/mol. The Labute approximate surface area is 177 Å². The Hall–Kier alpha value is -1.45. The third-order valence-corrected chi connectivity index (χ3v) is 7.65. The number of amides is 1. The van der Waals surface area contributed by atoms with Gasteiger partial charge in [-0.3, -0.25) is 4.79 Å². The molecule has 2 aromatic heterocycles. The van der Waals surface area contributed by atoms with E-state index in [-0.39, 0.29) is 11.9 Å². The molecule has 0 saturated carbocycles. The number of esters is 1. The highest BCUT2D eigenvalue weighted by Gasteiger charge is 2.26. The lowest BCUT2D eigenvalue weighted by molar-refractivity contribution is -0.115. The Morgan fingerprint density at radius 1 is 1.14 bits per heavy atom. The first-order valence-electron chi connectivity index (χ1n) is 9.63. The van der Waals surface area contributed by atoms with Crippen LogP contribution in [-0.4, -0.2) is 34.4 Å². The van der Waals surface area contributed by atoms with Gasteiger partial charge in [-0.05, 0) is 45.1 Å². The highest BCUT2D eigenvalue weighted by molar-refractivity contribution is 8.01. The van der Waals surface area contributed by atoms with Gasteiger partial charge in [0, 0.05) is 17.1 Å². The molecule has 1 aliphatic rings. The second-order valence-corrected chi connectivity index (χ2v) is 10.2. The summed E-state index contributed by atoms with van der Waals surface area (Å²) in [6.45, 7) is 4.04. The van der Waals surface area contributed by atoms with Gasteiger partial charge < -0.3 is 10.1 Å². The normalized spacial score (nSPS) is 14.1. The summed E-state index contributed by atoms with van der Waals surface area (Å²) in [7, 11) is 0. The summed E-state index contributed by atoms with van der Waals surface area (Å²) in [5.41, 5.74) is 1.65. The highest BCUT2D eigenvalue weighted by atomic mass is 32.2. The summed E-state index contributed by atoms with van der Waals surface area (Å²) in [5.74, 6) is 0.211. The summed E-state index contributed by atoms with van der Waals surface area (Å²) in [5, 5.41) is 12.6. The molecule has 0 aromatic carbocycles. The van der Waals surface area contributed by atoms with Gasteiger partial charge in [-0.2, -0.15) is 0 Å². The minimum Gasteiger partial charge on any atom is -0.462 e. The quantitative estimate of drug-likeness (QED) is 0.490. The number of fused-ring (bicyclic) bond motifs is 1. The van der Waals surface area contributed by atoms with Crippen molar-refractivity contribution >= 4 is 51.3 Å². The van der Waals surface area contributed by atoms with Gasteiger partial charge >= 0.3 is 5.97 Å². The van der Waals surface area contributed by atoms with Crippen molar-refractivity contribution in [2.24, 2.45) is 0 Å². The van der Waals surface area contributed by atoms with E-state index < -0.39 is 0 Å². The van der Waals surface area contributed by atoms with Crippen molar-refractivity contribution in [3.05, 3.63) is 21.0 Å². The third kappa shape index (κ3) is 5.55. The molecule has 0 fully saturated rings. The van der Waals surface area contributed by atoms with Crippen molar-refractivity contribution in [2.45, 2.75) is 63.1 Å². The van der Waals surface area contributed by atoms with Crippen molar-refractivity contribution in [3.63, 3.8) is 0 Å². The lowest BCUT2D eigenvalue weighted by atomic mass is 9.96. The molecule has 3 rings (SSSR count). The molecule has 0 saturated heterocycles. The molecule has 0 spiro atoms. The highest BCUT2D eigenvalue weighted by Crippen LogP contribution is 2.37. The van der Waals surface area contributed by atoms with Gasteiger partial charge in [0.15, 0.2) is 4.34 Å². The minimum absolute atomic E-state index is 0.0893. The summed E-state index contributed by atoms with van der Waals surface area (Å²) < 4.78 is 6.16.